The molecular weight excluding hydrogens is 256 g/mol. The molecule has 0 aliphatic rings. The van der Waals surface area contributed by atoms with Gasteiger partial charge in [0.15, 0.2) is 12.4 Å². The fourth-order valence-electron chi connectivity index (χ4n) is 1.52. The van der Waals surface area contributed by atoms with Gasteiger partial charge in [0.2, 0.25) is 0 Å². The summed E-state index contributed by atoms with van der Waals surface area (Å²) in [5.41, 5.74) is 1.16. The summed E-state index contributed by atoms with van der Waals surface area (Å²) in [6.07, 6.45) is 3.14. The Hall–Kier alpha value is -2.30. The molecule has 1 aromatic carbocycles. The van der Waals surface area contributed by atoms with E-state index in [1.54, 1.807) is 51.4 Å². The van der Waals surface area contributed by atoms with E-state index in [9.17, 15) is 9.59 Å². The summed E-state index contributed by atoms with van der Waals surface area (Å²) in [6, 6.07) is 4.91. The molecule has 0 atom stereocenters. The van der Waals surface area contributed by atoms with Gasteiger partial charge in [0.05, 0.1) is 16.6 Å². The maximum Gasteiger partial charge on any atom is 0.338 e. The molecule has 5 nitrogen and oxygen atoms in total. The lowest BCUT2D eigenvalue weighted by Crippen LogP contribution is -2.26. The lowest BCUT2D eigenvalue weighted by Gasteiger charge is -2.16. The first kappa shape index (κ1) is 14.1. The summed E-state index contributed by atoms with van der Waals surface area (Å²) < 4.78 is 5.03. The molecule has 0 N–H and O–H groups in total. The van der Waals surface area contributed by atoms with Crippen LogP contribution in [0.5, 0.6) is 0 Å². The second kappa shape index (κ2) is 5.36. The zero-order valence-electron chi connectivity index (χ0n) is 11.7. The van der Waals surface area contributed by atoms with Crippen LogP contribution in [0, 0.1) is 5.41 Å². The van der Waals surface area contributed by atoms with Crippen molar-refractivity contribution in [2.24, 2.45) is 5.41 Å². The van der Waals surface area contributed by atoms with E-state index in [-0.39, 0.29) is 12.4 Å². The Morgan fingerprint density at radius 3 is 2.40 bits per heavy atom. The quantitative estimate of drug-likeness (QED) is 0.802. The molecule has 0 spiro atoms. The Bertz CT molecular complexity index is 659. The van der Waals surface area contributed by atoms with Gasteiger partial charge in [-0.3, -0.25) is 14.8 Å². The van der Waals surface area contributed by atoms with Gasteiger partial charge in [-0.05, 0) is 18.2 Å². The number of hydrogen-bond donors (Lipinski definition) is 0. The van der Waals surface area contributed by atoms with Crippen molar-refractivity contribution in [2.45, 2.75) is 20.8 Å². The zero-order chi connectivity index (χ0) is 14.8. The van der Waals surface area contributed by atoms with Crippen molar-refractivity contribution >= 4 is 22.8 Å². The number of rotatable bonds is 3. The maximum atomic E-state index is 11.9. The molecule has 2 aromatic rings. The number of ketones is 1. The first-order valence-electron chi connectivity index (χ1n) is 6.29. The molecule has 1 heterocycles. The Morgan fingerprint density at radius 2 is 1.75 bits per heavy atom. The molecule has 0 bridgehead atoms. The number of nitrogens with zero attached hydrogens (tertiary/aromatic N) is 2. The van der Waals surface area contributed by atoms with Crippen LogP contribution in [0.2, 0.25) is 0 Å². The van der Waals surface area contributed by atoms with Crippen LogP contribution < -0.4 is 0 Å². The van der Waals surface area contributed by atoms with E-state index in [0.29, 0.717) is 16.6 Å². The van der Waals surface area contributed by atoms with Gasteiger partial charge in [-0.15, -0.1) is 0 Å². The molecule has 0 fully saturated rings. The number of esters is 1. The normalized spacial score (nSPS) is 11.3. The van der Waals surface area contributed by atoms with Gasteiger partial charge in [0, 0.05) is 17.8 Å². The predicted molar refractivity (Wildman–Crippen MR) is 74.3 cm³/mol. The predicted octanol–water partition coefficient (Wildman–Crippen LogP) is 2.40. The molecule has 2 rings (SSSR count). The van der Waals surface area contributed by atoms with E-state index in [4.69, 9.17) is 4.74 Å². The topological polar surface area (TPSA) is 69.2 Å². The van der Waals surface area contributed by atoms with Crippen LogP contribution in [0.15, 0.2) is 30.6 Å². The van der Waals surface area contributed by atoms with E-state index in [2.05, 4.69) is 9.97 Å². The highest BCUT2D eigenvalue weighted by Gasteiger charge is 2.22. The van der Waals surface area contributed by atoms with Crippen molar-refractivity contribution in [2.75, 3.05) is 6.61 Å². The van der Waals surface area contributed by atoms with Crippen molar-refractivity contribution < 1.29 is 14.3 Å². The Labute approximate surface area is 117 Å². The average Bonchev–Trinajstić information content (AvgIpc) is 2.42. The molecule has 1 aromatic heterocycles. The Kier molecular flexibility index (Phi) is 3.79. The minimum atomic E-state index is -0.532. The Balaban J connectivity index is 2.10. The second-order valence-corrected chi connectivity index (χ2v) is 5.51. The number of aromatic nitrogens is 2. The van der Waals surface area contributed by atoms with E-state index in [0.717, 1.165) is 0 Å². The smallest absolute Gasteiger partial charge is 0.338 e. The number of ether oxygens (including phenoxy) is 1. The summed E-state index contributed by atoms with van der Waals surface area (Å²) >= 11 is 0. The summed E-state index contributed by atoms with van der Waals surface area (Å²) in [7, 11) is 0. The fraction of sp³-hybridized carbons (Fsp3) is 0.333. The van der Waals surface area contributed by atoms with Gasteiger partial charge in [-0.2, -0.15) is 0 Å². The standard InChI is InChI=1S/C15H16N2O3/c1-15(2,3)13(18)9-20-14(19)10-4-5-11-12(8-10)17-7-6-16-11/h4-8H,9H2,1-3H3. The molecule has 0 saturated heterocycles. The minimum Gasteiger partial charge on any atom is -0.454 e. The number of benzene rings is 1. The number of carbonyl (C=O) groups is 2. The van der Waals surface area contributed by atoms with Gasteiger partial charge in [-0.1, -0.05) is 20.8 Å². The van der Waals surface area contributed by atoms with Crippen LogP contribution >= 0.6 is 0 Å². The van der Waals surface area contributed by atoms with Crippen LogP contribution in [-0.4, -0.2) is 28.3 Å². The highest BCUT2D eigenvalue weighted by Crippen LogP contribution is 2.16. The third-order valence-corrected chi connectivity index (χ3v) is 2.88. The van der Waals surface area contributed by atoms with E-state index in [1.807, 2.05) is 0 Å². The van der Waals surface area contributed by atoms with Crippen LogP contribution in [0.25, 0.3) is 11.0 Å². The van der Waals surface area contributed by atoms with E-state index in [1.165, 1.54) is 0 Å². The number of fused-ring (bicyclic) bond motifs is 1. The SMILES string of the molecule is CC(C)(C)C(=O)COC(=O)c1ccc2nccnc2c1. The molecule has 5 heteroatoms. The number of hydrogen-bond acceptors (Lipinski definition) is 5. The van der Waals surface area contributed by atoms with Gasteiger partial charge in [-0.25, -0.2) is 4.79 Å². The third kappa shape index (κ3) is 3.17. The largest absolute Gasteiger partial charge is 0.454 e. The summed E-state index contributed by atoms with van der Waals surface area (Å²) in [6.45, 7) is 5.14. The van der Waals surface area contributed by atoms with Crippen molar-refractivity contribution in [1.82, 2.24) is 9.97 Å². The van der Waals surface area contributed by atoms with Crippen LogP contribution in [0.4, 0.5) is 0 Å². The summed E-state index contributed by atoms with van der Waals surface area (Å²) in [5, 5.41) is 0. The number of carbonyl (C=O) groups excluding carboxylic acids is 2. The first-order chi connectivity index (χ1) is 9.38. The molecule has 0 saturated carbocycles. The number of Topliss-reactive ketones (excluding diaryl/α,β-unsaturated/α-hetero) is 1. The van der Waals surface area contributed by atoms with Gasteiger partial charge < -0.3 is 4.74 Å². The third-order valence-electron chi connectivity index (χ3n) is 2.88. The molecule has 0 aliphatic carbocycles. The zero-order valence-corrected chi connectivity index (χ0v) is 11.7. The summed E-state index contributed by atoms with van der Waals surface area (Å²) in [4.78, 5) is 31.9. The average molecular weight is 272 g/mol. The van der Waals surface area contributed by atoms with Gasteiger partial charge in [0.1, 0.15) is 0 Å². The van der Waals surface area contributed by atoms with E-state index >= 15 is 0 Å². The van der Waals surface area contributed by atoms with Crippen molar-refractivity contribution in [3.8, 4) is 0 Å². The highest BCUT2D eigenvalue weighted by atomic mass is 16.5. The molecule has 0 amide bonds. The molecule has 0 aliphatic heterocycles. The molecular formula is C15H16N2O3. The van der Waals surface area contributed by atoms with Crippen LogP contribution in [-0.2, 0) is 9.53 Å². The maximum absolute atomic E-state index is 11.9. The monoisotopic (exact) mass is 272 g/mol. The highest BCUT2D eigenvalue weighted by molar-refractivity contribution is 5.95. The first-order valence-corrected chi connectivity index (χ1v) is 6.29. The second-order valence-electron chi connectivity index (χ2n) is 5.51. The Morgan fingerprint density at radius 1 is 1.10 bits per heavy atom. The lowest BCUT2D eigenvalue weighted by atomic mass is 9.91. The van der Waals surface area contributed by atoms with Crippen LogP contribution in [0.1, 0.15) is 31.1 Å². The van der Waals surface area contributed by atoms with Gasteiger partial charge >= 0.3 is 5.97 Å². The molecule has 104 valence electrons. The minimum absolute atomic E-state index is 0.119. The molecule has 0 unspecified atom stereocenters. The fourth-order valence-corrected chi connectivity index (χ4v) is 1.52. The summed E-state index contributed by atoms with van der Waals surface area (Å²) in [5.74, 6) is -0.651. The van der Waals surface area contributed by atoms with Gasteiger partial charge in [0.25, 0.3) is 0 Å². The molecule has 20 heavy (non-hydrogen) atoms. The molecule has 0 radical (unpaired) electrons. The van der Waals surface area contributed by atoms with Crippen molar-refractivity contribution in [3.05, 3.63) is 36.2 Å². The lowest BCUT2D eigenvalue weighted by molar-refractivity contribution is -0.129. The van der Waals surface area contributed by atoms with Crippen molar-refractivity contribution in [1.29, 1.82) is 0 Å². The van der Waals surface area contributed by atoms with E-state index < -0.39 is 11.4 Å². The van der Waals surface area contributed by atoms with Crippen molar-refractivity contribution in [3.63, 3.8) is 0 Å². The van der Waals surface area contributed by atoms with Crippen LogP contribution in [0.3, 0.4) is 0 Å².